The van der Waals surface area contributed by atoms with Crippen LogP contribution in [0.25, 0.3) is 0 Å². The lowest BCUT2D eigenvalue weighted by Gasteiger charge is -2.06. The molecule has 17 heavy (non-hydrogen) atoms. The Morgan fingerprint density at radius 1 is 1.41 bits per heavy atom. The fourth-order valence-electron chi connectivity index (χ4n) is 1.31. The van der Waals surface area contributed by atoms with Crippen molar-refractivity contribution >= 4 is 38.9 Å². The molecule has 0 bridgehead atoms. The maximum Gasteiger partial charge on any atom is 0.178 e. The summed E-state index contributed by atoms with van der Waals surface area (Å²) in [7, 11) is -3.23. The summed E-state index contributed by atoms with van der Waals surface area (Å²) >= 11 is 7.55. The number of sulfone groups is 1. The minimum Gasteiger partial charge on any atom is -0.398 e. The Balaban J connectivity index is 2.72. The van der Waals surface area contributed by atoms with Crippen LogP contribution in [0, 0.1) is 0 Å². The van der Waals surface area contributed by atoms with Gasteiger partial charge in [-0.3, -0.25) is 0 Å². The van der Waals surface area contributed by atoms with Gasteiger partial charge < -0.3 is 5.73 Å². The van der Waals surface area contributed by atoms with Gasteiger partial charge in [0.15, 0.2) is 9.84 Å². The van der Waals surface area contributed by atoms with Crippen LogP contribution in [0.4, 0.5) is 5.69 Å². The predicted molar refractivity (Wildman–Crippen MR) is 75.5 cm³/mol. The number of hydrogen-bond donors (Lipinski definition) is 1. The van der Waals surface area contributed by atoms with Gasteiger partial charge in [0.1, 0.15) is 0 Å². The van der Waals surface area contributed by atoms with Crippen LogP contribution in [0.2, 0.25) is 5.02 Å². The van der Waals surface area contributed by atoms with Gasteiger partial charge >= 0.3 is 0 Å². The number of anilines is 1. The number of hydrogen-bond acceptors (Lipinski definition) is 4. The highest BCUT2D eigenvalue weighted by Gasteiger charge is 2.14. The standard InChI is InChI=1S/C11H16ClNO2S2/c1-2-16-6-3-7-17(14,15)9-4-5-11(13)10(12)8-9/h4-5,8H,2-3,6-7,13H2,1H3. The number of nitrogen functional groups attached to an aromatic ring is 1. The zero-order valence-electron chi connectivity index (χ0n) is 9.65. The monoisotopic (exact) mass is 293 g/mol. The van der Waals surface area contributed by atoms with E-state index in [9.17, 15) is 8.42 Å². The first-order chi connectivity index (χ1) is 7.97. The van der Waals surface area contributed by atoms with Crippen molar-refractivity contribution in [3.8, 4) is 0 Å². The molecule has 0 aliphatic rings. The Morgan fingerprint density at radius 3 is 2.71 bits per heavy atom. The molecule has 0 spiro atoms. The van der Waals surface area contributed by atoms with Crippen LogP contribution in [0.15, 0.2) is 23.1 Å². The van der Waals surface area contributed by atoms with Crippen LogP contribution in [0.5, 0.6) is 0 Å². The summed E-state index contributed by atoms with van der Waals surface area (Å²) in [6.45, 7) is 2.05. The quantitative estimate of drug-likeness (QED) is 0.647. The molecule has 0 unspecified atom stereocenters. The van der Waals surface area contributed by atoms with E-state index in [1.54, 1.807) is 11.8 Å². The molecule has 0 amide bonds. The third kappa shape index (κ3) is 4.41. The van der Waals surface area contributed by atoms with Gasteiger partial charge in [0.25, 0.3) is 0 Å². The minimum atomic E-state index is -3.23. The highest BCUT2D eigenvalue weighted by Crippen LogP contribution is 2.23. The smallest absolute Gasteiger partial charge is 0.178 e. The Hall–Kier alpha value is -0.390. The van der Waals surface area contributed by atoms with Crippen molar-refractivity contribution in [3.63, 3.8) is 0 Å². The first-order valence-corrected chi connectivity index (χ1v) is 8.51. The fourth-order valence-corrected chi connectivity index (χ4v) is 3.71. The first kappa shape index (κ1) is 14.7. The van der Waals surface area contributed by atoms with Crippen LogP contribution in [0.1, 0.15) is 13.3 Å². The van der Waals surface area contributed by atoms with Gasteiger partial charge in [-0.15, -0.1) is 0 Å². The minimum absolute atomic E-state index is 0.153. The van der Waals surface area contributed by atoms with Gasteiger partial charge in [0, 0.05) is 0 Å². The van der Waals surface area contributed by atoms with Crippen molar-refractivity contribution in [3.05, 3.63) is 23.2 Å². The summed E-state index contributed by atoms with van der Waals surface area (Å²) < 4.78 is 23.9. The van der Waals surface area contributed by atoms with Gasteiger partial charge in [-0.25, -0.2) is 8.42 Å². The second-order valence-corrected chi connectivity index (χ2v) is 7.46. The number of benzene rings is 1. The van der Waals surface area contributed by atoms with Crippen molar-refractivity contribution in [2.75, 3.05) is 23.0 Å². The molecule has 1 rings (SSSR count). The predicted octanol–water partition coefficient (Wildman–Crippen LogP) is 2.84. The second kappa shape index (κ2) is 6.52. The molecule has 0 heterocycles. The summed E-state index contributed by atoms with van der Waals surface area (Å²) in [4.78, 5) is 0.248. The lowest BCUT2D eigenvalue weighted by molar-refractivity contribution is 0.595. The summed E-state index contributed by atoms with van der Waals surface area (Å²) in [5.41, 5.74) is 5.94. The van der Waals surface area contributed by atoms with Crippen LogP contribution in [-0.4, -0.2) is 25.7 Å². The van der Waals surface area contributed by atoms with Crippen LogP contribution in [-0.2, 0) is 9.84 Å². The molecule has 1 aromatic carbocycles. The van der Waals surface area contributed by atoms with Crippen LogP contribution in [0.3, 0.4) is 0 Å². The molecule has 0 fully saturated rings. The van der Waals surface area contributed by atoms with E-state index in [1.807, 2.05) is 0 Å². The highest BCUT2D eigenvalue weighted by atomic mass is 35.5. The molecule has 0 aliphatic carbocycles. The third-order valence-electron chi connectivity index (χ3n) is 2.24. The number of halogens is 1. The average molecular weight is 294 g/mol. The van der Waals surface area contributed by atoms with Gasteiger partial charge in [0.05, 0.1) is 21.4 Å². The lowest BCUT2D eigenvalue weighted by Crippen LogP contribution is -2.08. The molecule has 0 saturated heterocycles. The third-order valence-corrected chi connectivity index (χ3v) is 5.35. The van der Waals surface area contributed by atoms with Crippen molar-refractivity contribution in [2.45, 2.75) is 18.2 Å². The fraction of sp³-hybridized carbons (Fsp3) is 0.455. The van der Waals surface area contributed by atoms with E-state index in [4.69, 9.17) is 17.3 Å². The lowest BCUT2D eigenvalue weighted by atomic mass is 10.3. The highest BCUT2D eigenvalue weighted by molar-refractivity contribution is 7.99. The van der Waals surface area contributed by atoms with E-state index in [0.717, 1.165) is 11.5 Å². The SMILES string of the molecule is CCSCCCS(=O)(=O)c1ccc(N)c(Cl)c1. The summed E-state index contributed by atoms with van der Waals surface area (Å²) in [6.07, 6.45) is 0.656. The topological polar surface area (TPSA) is 60.2 Å². The van der Waals surface area contributed by atoms with E-state index < -0.39 is 9.84 Å². The molecule has 0 saturated carbocycles. The summed E-state index contributed by atoms with van der Waals surface area (Å²) in [5.74, 6) is 2.02. The molecule has 0 aromatic heterocycles. The van der Waals surface area contributed by atoms with Crippen molar-refractivity contribution in [1.29, 1.82) is 0 Å². The Bertz CT molecular complexity index is 474. The zero-order valence-corrected chi connectivity index (χ0v) is 12.0. The van der Waals surface area contributed by atoms with Gasteiger partial charge in [0.2, 0.25) is 0 Å². The normalized spacial score (nSPS) is 11.6. The average Bonchev–Trinajstić information content (AvgIpc) is 2.28. The molecule has 0 atom stereocenters. The van der Waals surface area contributed by atoms with Crippen molar-refractivity contribution in [1.82, 2.24) is 0 Å². The Kier molecular flexibility index (Phi) is 5.62. The molecule has 1 aromatic rings. The molecule has 96 valence electrons. The van der Waals surface area contributed by atoms with E-state index >= 15 is 0 Å². The van der Waals surface area contributed by atoms with E-state index in [-0.39, 0.29) is 15.7 Å². The molecule has 0 aliphatic heterocycles. The molecule has 0 radical (unpaired) electrons. The van der Waals surface area contributed by atoms with Gasteiger partial charge in [-0.2, -0.15) is 11.8 Å². The second-order valence-electron chi connectivity index (χ2n) is 3.55. The molecule has 6 heteroatoms. The van der Waals surface area contributed by atoms with Gasteiger partial charge in [-0.1, -0.05) is 18.5 Å². The Morgan fingerprint density at radius 2 is 2.12 bits per heavy atom. The summed E-state index contributed by atoms with van der Waals surface area (Å²) in [5, 5.41) is 0.286. The zero-order chi connectivity index (χ0) is 12.9. The van der Waals surface area contributed by atoms with Crippen molar-refractivity contribution in [2.24, 2.45) is 0 Å². The maximum absolute atomic E-state index is 12.0. The molecular weight excluding hydrogens is 278 g/mol. The summed E-state index contributed by atoms with van der Waals surface area (Å²) in [6, 6.07) is 4.44. The van der Waals surface area contributed by atoms with Crippen LogP contribution < -0.4 is 5.73 Å². The number of nitrogens with two attached hydrogens (primary N) is 1. The molecule has 3 nitrogen and oxygen atoms in total. The first-order valence-electron chi connectivity index (χ1n) is 5.33. The van der Waals surface area contributed by atoms with E-state index in [2.05, 4.69) is 6.92 Å². The number of rotatable bonds is 6. The van der Waals surface area contributed by atoms with Crippen LogP contribution >= 0.6 is 23.4 Å². The Labute approximate surface area is 112 Å². The largest absolute Gasteiger partial charge is 0.398 e. The molecule has 2 N–H and O–H groups in total. The van der Waals surface area contributed by atoms with Crippen molar-refractivity contribution < 1.29 is 8.42 Å². The van der Waals surface area contributed by atoms with E-state index in [1.165, 1.54) is 18.2 Å². The van der Waals surface area contributed by atoms with E-state index in [0.29, 0.717) is 12.1 Å². The van der Waals surface area contributed by atoms with Gasteiger partial charge in [-0.05, 0) is 36.1 Å². The molecular formula is C11H16ClNO2S2. The number of thioether (sulfide) groups is 1. The maximum atomic E-state index is 12.0.